The van der Waals surface area contributed by atoms with Gasteiger partial charge in [-0.2, -0.15) is 0 Å². The number of hydrogen-bond donors (Lipinski definition) is 1. The molecule has 0 aromatic carbocycles. The van der Waals surface area contributed by atoms with E-state index in [-0.39, 0.29) is 5.82 Å². The van der Waals surface area contributed by atoms with Crippen LogP contribution in [0.1, 0.15) is 6.92 Å². The number of pyridine rings is 1. The van der Waals surface area contributed by atoms with E-state index in [9.17, 15) is 8.78 Å². The van der Waals surface area contributed by atoms with Crippen molar-refractivity contribution in [2.24, 2.45) is 5.92 Å². The molecule has 1 N–H and O–H groups in total. The molecule has 0 radical (unpaired) electrons. The summed E-state index contributed by atoms with van der Waals surface area (Å²) < 4.78 is 26.0. The maximum atomic E-state index is 13.4. The molecule has 0 amide bonds. The molecule has 1 atom stereocenters. The smallest absolute Gasteiger partial charge is 0.168 e. The molecule has 90 valence electrons. The number of aromatic nitrogens is 1. The number of anilines is 1. The fraction of sp³-hybridized carbons (Fsp3) is 0.545. The average Bonchev–Trinajstić information content (AvgIpc) is 2.17. The highest BCUT2D eigenvalue weighted by atomic mass is 19.1. The zero-order chi connectivity index (χ0) is 12.1. The van der Waals surface area contributed by atoms with E-state index in [1.54, 1.807) is 11.9 Å². The molecule has 1 rings (SSSR count). The molecule has 0 bridgehead atoms. The summed E-state index contributed by atoms with van der Waals surface area (Å²) in [6, 6.07) is 0.849. The molecule has 0 saturated heterocycles. The van der Waals surface area contributed by atoms with Crippen molar-refractivity contribution < 1.29 is 8.78 Å². The number of halogens is 2. The van der Waals surface area contributed by atoms with Crippen molar-refractivity contribution in [2.45, 2.75) is 6.92 Å². The largest absolute Gasteiger partial charge is 0.357 e. The van der Waals surface area contributed by atoms with Crippen LogP contribution in [0, 0.1) is 17.6 Å². The van der Waals surface area contributed by atoms with E-state index in [0.717, 1.165) is 18.8 Å². The van der Waals surface area contributed by atoms with Crippen molar-refractivity contribution in [2.75, 3.05) is 32.1 Å². The maximum Gasteiger partial charge on any atom is 0.168 e. The van der Waals surface area contributed by atoms with Crippen LogP contribution in [0.15, 0.2) is 12.3 Å². The lowest BCUT2D eigenvalue weighted by Crippen LogP contribution is -2.30. The Balaban J connectivity index is 2.69. The molecule has 1 unspecified atom stereocenters. The third-order valence-corrected chi connectivity index (χ3v) is 2.29. The van der Waals surface area contributed by atoms with Gasteiger partial charge >= 0.3 is 0 Å². The van der Waals surface area contributed by atoms with Crippen molar-refractivity contribution in [3.8, 4) is 0 Å². The zero-order valence-electron chi connectivity index (χ0n) is 9.80. The summed E-state index contributed by atoms with van der Waals surface area (Å²) in [4.78, 5) is 5.44. The van der Waals surface area contributed by atoms with Crippen LogP contribution in [-0.2, 0) is 0 Å². The maximum absolute atomic E-state index is 13.4. The van der Waals surface area contributed by atoms with E-state index in [2.05, 4.69) is 17.2 Å². The fourth-order valence-electron chi connectivity index (χ4n) is 1.66. The van der Waals surface area contributed by atoms with Gasteiger partial charge in [0.05, 0.1) is 6.20 Å². The zero-order valence-corrected chi connectivity index (χ0v) is 9.80. The molecule has 0 aliphatic heterocycles. The van der Waals surface area contributed by atoms with E-state index in [4.69, 9.17) is 0 Å². The molecule has 16 heavy (non-hydrogen) atoms. The summed E-state index contributed by atoms with van der Waals surface area (Å²) in [5.74, 6) is -0.734. The van der Waals surface area contributed by atoms with E-state index in [1.807, 2.05) is 7.05 Å². The SMILES string of the molecule is CNCC(C)CN(C)c1ncc(F)cc1F. The van der Waals surface area contributed by atoms with Gasteiger partial charge in [-0.15, -0.1) is 0 Å². The van der Waals surface area contributed by atoms with Gasteiger partial charge in [0.1, 0.15) is 5.82 Å². The highest BCUT2D eigenvalue weighted by Gasteiger charge is 2.12. The Hall–Kier alpha value is -1.23. The highest BCUT2D eigenvalue weighted by Crippen LogP contribution is 2.16. The topological polar surface area (TPSA) is 28.2 Å². The van der Waals surface area contributed by atoms with E-state index in [1.165, 1.54) is 0 Å². The normalized spacial score (nSPS) is 12.6. The van der Waals surface area contributed by atoms with Crippen LogP contribution in [0.2, 0.25) is 0 Å². The number of nitrogens with zero attached hydrogens (tertiary/aromatic N) is 2. The van der Waals surface area contributed by atoms with Gasteiger partial charge in [0, 0.05) is 19.7 Å². The quantitative estimate of drug-likeness (QED) is 0.832. The van der Waals surface area contributed by atoms with Crippen molar-refractivity contribution in [1.82, 2.24) is 10.3 Å². The molecule has 3 nitrogen and oxygen atoms in total. The van der Waals surface area contributed by atoms with Crippen LogP contribution in [0.4, 0.5) is 14.6 Å². The monoisotopic (exact) mass is 229 g/mol. The third-order valence-electron chi connectivity index (χ3n) is 2.29. The summed E-state index contributed by atoms with van der Waals surface area (Å²) >= 11 is 0. The first-order valence-electron chi connectivity index (χ1n) is 5.21. The van der Waals surface area contributed by atoms with Gasteiger partial charge in [-0.05, 0) is 19.5 Å². The summed E-state index contributed by atoms with van der Waals surface area (Å²) in [5.41, 5.74) is 0. The van der Waals surface area contributed by atoms with Gasteiger partial charge in [-0.25, -0.2) is 13.8 Å². The van der Waals surface area contributed by atoms with Crippen LogP contribution >= 0.6 is 0 Å². The minimum absolute atomic E-state index is 0.185. The lowest BCUT2D eigenvalue weighted by Gasteiger charge is -2.22. The van der Waals surface area contributed by atoms with E-state index in [0.29, 0.717) is 12.5 Å². The summed E-state index contributed by atoms with van der Waals surface area (Å²) in [7, 11) is 3.61. The van der Waals surface area contributed by atoms with E-state index < -0.39 is 11.6 Å². The third kappa shape index (κ3) is 3.41. The van der Waals surface area contributed by atoms with Crippen LogP contribution in [0.3, 0.4) is 0 Å². The standard InChI is InChI=1S/C11H17F2N3/c1-8(5-14-2)7-16(3)11-10(13)4-9(12)6-15-11/h4,6,8,14H,5,7H2,1-3H3. The lowest BCUT2D eigenvalue weighted by atomic mass is 10.1. The summed E-state index contributed by atoms with van der Waals surface area (Å²) in [6.45, 7) is 3.55. The molecular formula is C11H17F2N3. The Bertz CT molecular complexity index is 344. The average molecular weight is 229 g/mol. The lowest BCUT2D eigenvalue weighted by molar-refractivity contribution is 0.527. The van der Waals surface area contributed by atoms with Gasteiger partial charge in [0.2, 0.25) is 0 Å². The van der Waals surface area contributed by atoms with Crippen molar-refractivity contribution in [3.05, 3.63) is 23.9 Å². The van der Waals surface area contributed by atoms with Crippen molar-refractivity contribution in [3.63, 3.8) is 0 Å². The van der Waals surface area contributed by atoms with Crippen LogP contribution in [-0.4, -0.2) is 32.2 Å². The van der Waals surface area contributed by atoms with Crippen LogP contribution < -0.4 is 10.2 Å². The molecular weight excluding hydrogens is 212 g/mol. The number of nitrogens with one attached hydrogen (secondary N) is 1. The molecule has 5 heteroatoms. The second-order valence-corrected chi connectivity index (χ2v) is 4.00. The first-order valence-corrected chi connectivity index (χ1v) is 5.21. The molecule has 0 spiro atoms. The van der Waals surface area contributed by atoms with Crippen LogP contribution in [0.25, 0.3) is 0 Å². The predicted molar refractivity (Wildman–Crippen MR) is 60.5 cm³/mol. The minimum Gasteiger partial charge on any atom is -0.357 e. The van der Waals surface area contributed by atoms with Gasteiger partial charge in [-0.1, -0.05) is 6.92 Å². The second-order valence-electron chi connectivity index (χ2n) is 4.00. The van der Waals surface area contributed by atoms with Gasteiger partial charge in [0.15, 0.2) is 11.6 Å². The van der Waals surface area contributed by atoms with Gasteiger partial charge in [-0.3, -0.25) is 0 Å². The molecule has 1 heterocycles. The first kappa shape index (κ1) is 12.8. The van der Waals surface area contributed by atoms with Crippen molar-refractivity contribution >= 4 is 5.82 Å². The Morgan fingerprint density at radius 3 is 2.75 bits per heavy atom. The molecule has 1 aromatic heterocycles. The van der Waals surface area contributed by atoms with E-state index >= 15 is 0 Å². The first-order chi connectivity index (χ1) is 7.54. The molecule has 1 aromatic rings. The number of rotatable bonds is 5. The summed E-state index contributed by atoms with van der Waals surface area (Å²) in [6.07, 6.45) is 1.03. The Morgan fingerprint density at radius 2 is 2.19 bits per heavy atom. The number of hydrogen-bond acceptors (Lipinski definition) is 3. The van der Waals surface area contributed by atoms with Gasteiger partial charge < -0.3 is 10.2 Å². The van der Waals surface area contributed by atoms with Crippen LogP contribution in [0.5, 0.6) is 0 Å². The minimum atomic E-state index is -0.655. The fourth-order valence-corrected chi connectivity index (χ4v) is 1.66. The molecule has 0 aliphatic rings. The summed E-state index contributed by atoms with van der Waals surface area (Å²) in [5, 5.41) is 3.05. The second kappa shape index (κ2) is 5.75. The molecule has 0 aliphatic carbocycles. The molecule has 0 fully saturated rings. The Labute approximate surface area is 94.5 Å². The van der Waals surface area contributed by atoms with Gasteiger partial charge in [0.25, 0.3) is 0 Å². The Kier molecular flexibility index (Phi) is 4.61. The predicted octanol–water partition coefficient (Wildman–Crippen LogP) is 1.65. The van der Waals surface area contributed by atoms with Crippen molar-refractivity contribution in [1.29, 1.82) is 0 Å². The molecule has 0 saturated carbocycles. The Morgan fingerprint density at radius 1 is 1.50 bits per heavy atom. The highest BCUT2D eigenvalue weighted by molar-refractivity contribution is 5.38.